The third kappa shape index (κ3) is 8.23. The first-order chi connectivity index (χ1) is 20.1. The minimum Gasteiger partial charge on any atom is -0.486 e. The largest absolute Gasteiger partial charge is 0.486 e. The van der Waals surface area contributed by atoms with Gasteiger partial charge in [0.25, 0.3) is 0 Å². The maximum Gasteiger partial charge on any atom is 0.243 e. The maximum absolute atomic E-state index is 13.8. The van der Waals surface area contributed by atoms with Crippen molar-refractivity contribution in [1.82, 2.24) is 10.2 Å². The lowest BCUT2D eigenvalue weighted by molar-refractivity contribution is -0.141. The Labute approximate surface area is 258 Å². The normalized spacial score (nSPS) is 16.0. The second-order valence-electron chi connectivity index (χ2n) is 10.8. The molecule has 0 spiro atoms. The van der Waals surface area contributed by atoms with Crippen LogP contribution >= 0.6 is 23.2 Å². The van der Waals surface area contributed by atoms with Crippen LogP contribution in [0.5, 0.6) is 11.5 Å². The van der Waals surface area contributed by atoms with Crippen molar-refractivity contribution in [3.63, 3.8) is 0 Å². The summed E-state index contributed by atoms with van der Waals surface area (Å²) in [5.74, 6) is 0.544. The van der Waals surface area contributed by atoms with Crippen LogP contribution in [0.25, 0.3) is 0 Å². The van der Waals surface area contributed by atoms with E-state index in [1.807, 2.05) is 6.92 Å². The van der Waals surface area contributed by atoms with Crippen molar-refractivity contribution in [1.29, 1.82) is 0 Å². The Morgan fingerprint density at radius 1 is 1.02 bits per heavy atom. The van der Waals surface area contributed by atoms with Crippen LogP contribution in [-0.4, -0.2) is 63.2 Å². The number of carbonyl (C=O) groups excluding carboxylic acids is 2. The number of nitrogens with zero attached hydrogens (tertiary/aromatic N) is 2. The van der Waals surface area contributed by atoms with Gasteiger partial charge in [-0.15, -0.1) is 0 Å². The van der Waals surface area contributed by atoms with Crippen LogP contribution in [0, 0.1) is 0 Å². The quantitative estimate of drug-likeness (QED) is 0.326. The first-order valence-electron chi connectivity index (χ1n) is 14.5. The van der Waals surface area contributed by atoms with Crippen molar-refractivity contribution >= 4 is 50.7 Å². The van der Waals surface area contributed by atoms with Gasteiger partial charge in [0.15, 0.2) is 11.5 Å². The van der Waals surface area contributed by atoms with Gasteiger partial charge in [0.05, 0.1) is 11.9 Å². The molecule has 0 bridgehead atoms. The van der Waals surface area contributed by atoms with Gasteiger partial charge in [-0.1, -0.05) is 55.5 Å². The molecule has 1 fully saturated rings. The standard InChI is InChI=1S/C30H39Cl2N3O6S/c1-3-26(30(37)33-21-9-5-4-6-10-21)34(20-23-24(31)11-7-12-25(23)32)29(36)13-8-16-35(42(2,38)39)22-14-15-27-28(19-22)41-18-17-40-27/h7,11-12,14-15,19,21,26H,3-6,8-10,13,16-18,20H2,1-2H3,(H,33,37)/t26-/m0/s1. The van der Waals surface area contributed by atoms with Gasteiger partial charge in [0.1, 0.15) is 19.3 Å². The summed E-state index contributed by atoms with van der Waals surface area (Å²) < 4.78 is 37.9. The number of carbonyl (C=O) groups is 2. The molecule has 2 aliphatic rings. The van der Waals surface area contributed by atoms with Crippen LogP contribution in [0.3, 0.4) is 0 Å². The number of fused-ring (bicyclic) bond motifs is 1. The maximum atomic E-state index is 13.8. The second kappa shape index (κ2) is 14.7. The van der Waals surface area contributed by atoms with Crippen LogP contribution in [0.2, 0.25) is 10.0 Å². The summed E-state index contributed by atoms with van der Waals surface area (Å²) in [4.78, 5) is 28.8. The fraction of sp³-hybridized carbons (Fsp3) is 0.533. The Morgan fingerprint density at radius 3 is 2.33 bits per heavy atom. The topological polar surface area (TPSA) is 105 Å². The van der Waals surface area contributed by atoms with Crippen molar-refractivity contribution < 1.29 is 27.5 Å². The van der Waals surface area contributed by atoms with Crippen molar-refractivity contribution in [2.75, 3.05) is 30.3 Å². The van der Waals surface area contributed by atoms with Gasteiger partial charge < -0.3 is 19.7 Å². The number of sulfonamides is 1. The molecule has 0 radical (unpaired) electrons. The zero-order valence-electron chi connectivity index (χ0n) is 24.1. The van der Waals surface area contributed by atoms with E-state index in [0.29, 0.717) is 52.4 Å². The third-order valence-electron chi connectivity index (χ3n) is 7.69. The van der Waals surface area contributed by atoms with Gasteiger partial charge in [0, 0.05) is 47.2 Å². The molecular weight excluding hydrogens is 601 g/mol. The van der Waals surface area contributed by atoms with Crippen molar-refractivity contribution in [3.05, 3.63) is 52.0 Å². The van der Waals surface area contributed by atoms with Gasteiger partial charge >= 0.3 is 0 Å². The number of halogens is 2. The second-order valence-corrected chi connectivity index (χ2v) is 13.5. The highest BCUT2D eigenvalue weighted by molar-refractivity contribution is 7.92. The van der Waals surface area contributed by atoms with E-state index in [0.717, 1.165) is 38.4 Å². The van der Waals surface area contributed by atoms with Gasteiger partial charge in [0.2, 0.25) is 21.8 Å². The minimum absolute atomic E-state index is 0.0197. The lowest BCUT2D eigenvalue weighted by atomic mass is 9.95. The van der Waals surface area contributed by atoms with Crippen LogP contribution in [0.4, 0.5) is 5.69 Å². The first-order valence-corrected chi connectivity index (χ1v) is 17.1. The Balaban J connectivity index is 1.51. The summed E-state index contributed by atoms with van der Waals surface area (Å²) in [6, 6.07) is 9.46. The zero-order valence-corrected chi connectivity index (χ0v) is 26.4. The number of hydrogen-bond donors (Lipinski definition) is 1. The Hall–Kier alpha value is -2.69. The summed E-state index contributed by atoms with van der Waals surface area (Å²) in [6.07, 6.45) is 6.93. The number of benzene rings is 2. The van der Waals surface area contributed by atoms with E-state index in [1.165, 1.54) is 9.21 Å². The minimum atomic E-state index is -3.66. The predicted octanol–water partition coefficient (Wildman–Crippen LogP) is 5.57. The highest BCUT2D eigenvalue weighted by atomic mass is 35.5. The van der Waals surface area contributed by atoms with E-state index in [2.05, 4.69) is 5.32 Å². The number of amides is 2. The third-order valence-corrected chi connectivity index (χ3v) is 9.60. The molecule has 0 saturated heterocycles. The lowest BCUT2D eigenvalue weighted by Gasteiger charge is -2.33. The van der Waals surface area contributed by atoms with Crippen LogP contribution in [-0.2, 0) is 26.2 Å². The Morgan fingerprint density at radius 2 is 1.69 bits per heavy atom. The number of anilines is 1. The van der Waals surface area contributed by atoms with E-state index in [-0.39, 0.29) is 43.8 Å². The molecule has 2 aromatic carbocycles. The van der Waals surface area contributed by atoms with E-state index in [9.17, 15) is 18.0 Å². The molecule has 230 valence electrons. The molecule has 1 aliphatic heterocycles. The summed E-state index contributed by atoms with van der Waals surface area (Å²) in [7, 11) is -3.66. The number of rotatable bonds is 12. The van der Waals surface area contributed by atoms with Gasteiger partial charge in [-0.05, 0) is 49.9 Å². The van der Waals surface area contributed by atoms with Gasteiger partial charge in [-0.2, -0.15) is 0 Å². The predicted molar refractivity (Wildman–Crippen MR) is 165 cm³/mol. The summed E-state index contributed by atoms with van der Waals surface area (Å²) in [5, 5.41) is 3.97. The smallest absolute Gasteiger partial charge is 0.243 e. The van der Waals surface area contributed by atoms with Crippen molar-refractivity contribution in [2.24, 2.45) is 0 Å². The lowest BCUT2D eigenvalue weighted by Crippen LogP contribution is -2.51. The molecule has 1 heterocycles. The molecule has 0 unspecified atom stereocenters. The molecule has 9 nitrogen and oxygen atoms in total. The van der Waals surface area contributed by atoms with E-state index in [4.69, 9.17) is 32.7 Å². The average Bonchev–Trinajstić information content (AvgIpc) is 2.96. The van der Waals surface area contributed by atoms with Crippen LogP contribution in [0.1, 0.15) is 63.9 Å². The highest BCUT2D eigenvalue weighted by Crippen LogP contribution is 2.35. The first kappa shape index (κ1) is 32.2. The number of hydrogen-bond acceptors (Lipinski definition) is 6. The molecule has 1 atom stereocenters. The molecule has 1 aliphatic carbocycles. The molecule has 1 N–H and O–H groups in total. The summed E-state index contributed by atoms with van der Waals surface area (Å²) in [5.41, 5.74) is 0.985. The molecule has 42 heavy (non-hydrogen) atoms. The summed E-state index contributed by atoms with van der Waals surface area (Å²) >= 11 is 12.9. The molecule has 0 aromatic heterocycles. The van der Waals surface area contributed by atoms with Gasteiger partial charge in [-0.3, -0.25) is 13.9 Å². The molecule has 12 heteroatoms. The van der Waals surface area contributed by atoms with E-state index < -0.39 is 16.1 Å². The molecular formula is C30H39Cl2N3O6S. The fourth-order valence-electron chi connectivity index (χ4n) is 5.51. The Kier molecular flexibility index (Phi) is 11.3. The molecule has 2 aromatic rings. The number of ether oxygens (including phenoxy) is 2. The van der Waals surface area contributed by atoms with Crippen LogP contribution < -0.4 is 19.1 Å². The van der Waals surface area contributed by atoms with Crippen LogP contribution in [0.15, 0.2) is 36.4 Å². The monoisotopic (exact) mass is 639 g/mol. The number of nitrogens with one attached hydrogen (secondary N) is 1. The fourth-order valence-corrected chi connectivity index (χ4v) is 6.98. The van der Waals surface area contributed by atoms with E-state index in [1.54, 1.807) is 36.4 Å². The highest BCUT2D eigenvalue weighted by Gasteiger charge is 2.31. The van der Waals surface area contributed by atoms with Crippen molar-refractivity contribution in [2.45, 2.75) is 76.9 Å². The van der Waals surface area contributed by atoms with Gasteiger partial charge in [-0.25, -0.2) is 8.42 Å². The molecule has 2 amide bonds. The van der Waals surface area contributed by atoms with Crippen molar-refractivity contribution in [3.8, 4) is 11.5 Å². The molecule has 4 rings (SSSR count). The summed E-state index contributed by atoms with van der Waals surface area (Å²) in [6.45, 7) is 2.80. The SMILES string of the molecule is CC[C@@H](C(=O)NC1CCCCC1)N(Cc1c(Cl)cccc1Cl)C(=O)CCCN(c1ccc2c(c1)OCCO2)S(C)(=O)=O. The van der Waals surface area contributed by atoms with E-state index >= 15 is 0 Å². The Bertz CT molecular complexity index is 1350. The average molecular weight is 641 g/mol. The zero-order chi connectivity index (χ0) is 30.3. The molecule has 1 saturated carbocycles.